The predicted octanol–water partition coefficient (Wildman–Crippen LogP) is 4.75. The van der Waals surface area contributed by atoms with Crippen LogP contribution in [0.4, 0.5) is 4.39 Å². The number of nitrogens with zero attached hydrogens (tertiary/aromatic N) is 3. The molecular formula is C25H22FN5O. The Hall–Kier alpha value is -3.97. The number of imidazole rings is 1. The molecule has 0 aliphatic carbocycles. The molecule has 0 bridgehead atoms. The molecule has 2 aromatic heterocycles. The summed E-state index contributed by atoms with van der Waals surface area (Å²) in [6.07, 6.45) is 0. The lowest BCUT2D eigenvalue weighted by molar-refractivity contribution is 0.478. The van der Waals surface area contributed by atoms with Crippen molar-refractivity contribution in [3.8, 4) is 28.5 Å². The van der Waals surface area contributed by atoms with Crippen LogP contribution in [0.5, 0.6) is 5.75 Å². The maximum Gasteiger partial charge on any atom is 0.173 e. The second-order valence-corrected chi connectivity index (χ2v) is 7.84. The number of rotatable bonds is 5. The highest BCUT2D eigenvalue weighted by Gasteiger charge is 2.23. The van der Waals surface area contributed by atoms with Crippen molar-refractivity contribution in [2.75, 3.05) is 0 Å². The highest BCUT2D eigenvalue weighted by molar-refractivity contribution is 5.83. The van der Waals surface area contributed by atoms with Crippen LogP contribution in [0.25, 0.3) is 33.8 Å². The monoisotopic (exact) mass is 427 g/mol. The molecule has 2 heterocycles. The smallest absolute Gasteiger partial charge is 0.173 e. The molecule has 0 aliphatic heterocycles. The minimum atomic E-state index is -0.322. The molecule has 0 aliphatic rings. The van der Waals surface area contributed by atoms with Gasteiger partial charge in [-0.1, -0.05) is 48.0 Å². The van der Waals surface area contributed by atoms with Gasteiger partial charge in [0.25, 0.3) is 0 Å². The van der Waals surface area contributed by atoms with Gasteiger partial charge in [-0.2, -0.15) is 5.10 Å². The fourth-order valence-corrected chi connectivity index (χ4v) is 3.81. The number of nitrogens with one attached hydrogen (secondary N) is 1. The van der Waals surface area contributed by atoms with Crippen LogP contribution >= 0.6 is 0 Å². The van der Waals surface area contributed by atoms with E-state index in [-0.39, 0.29) is 18.1 Å². The molecule has 5 rings (SSSR count). The summed E-state index contributed by atoms with van der Waals surface area (Å²) in [7, 11) is 0. The molecule has 0 saturated heterocycles. The van der Waals surface area contributed by atoms with Gasteiger partial charge >= 0.3 is 0 Å². The number of aromatic nitrogens is 4. The van der Waals surface area contributed by atoms with Gasteiger partial charge in [-0.25, -0.2) is 9.37 Å². The van der Waals surface area contributed by atoms with Gasteiger partial charge in [0.1, 0.15) is 17.2 Å². The molecule has 0 radical (unpaired) electrons. The molecule has 0 amide bonds. The van der Waals surface area contributed by atoms with Crippen molar-refractivity contribution in [1.29, 1.82) is 0 Å². The first-order chi connectivity index (χ1) is 15.5. The highest BCUT2D eigenvalue weighted by atomic mass is 19.1. The van der Waals surface area contributed by atoms with E-state index in [0.717, 1.165) is 33.3 Å². The van der Waals surface area contributed by atoms with E-state index >= 15 is 0 Å². The maximum absolute atomic E-state index is 13.8. The van der Waals surface area contributed by atoms with E-state index in [4.69, 9.17) is 5.73 Å². The van der Waals surface area contributed by atoms with Crippen LogP contribution in [-0.2, 0) is 13.1 Å². The van der Waals surface area contributed by atoms with Crippen molar-refractivity contribution in [2.45, 2.75) is 20.0 Å². The third-order valence-corrected chi connectivity index (χ3v) is 5.48. The minimum absolute atomic E-state index is 0.0170. The fourth-order valence-electron chi connectivity index (χ4n) is 3.81. The first-order valence-corrected chi connectivity index (χ1v) is 10.3. The normalized spacial score (nSPS) is 11.3. The molecular weight excluding hydrogens is 405 g/mol. The summed E-state index contributed by atoms with van der Waals surface area (Å²) in [4.78, 5) is 7.95. The third-order valence-electron chi connectivity index (χ3n) is 5.48. The minimum Gasteiger partial charge on any atom is -0.504 e. The summed E-state index contributed by atoms with van der Waals surface area (Å²) in [5, 5.41) is 15.9. The lowest BCUT2D eigenvalue weighted by Crippen LogP contribution is -2.05. The van der Waals surface area contributed by atoms with Crippen LogP contribution in [0, 0.1) is 12.7 Å². The Morgan fingerprint density at radius 2 is 1.84 bits per heavy atom. The second kappa shape index (κ2) is 7.94. The van der Waals surface area contributed by atoms with Gasteiger partial charge in [0, 0.05) is 12.1 Å². The van der Waals surface area contributed by atoms with E-state index < -0.39 is 0 Å². The van der Waals surface area contributed by atoms with Crippen molar-refractivity contribution in [3.05, 3.63) is 89.2 Å². The van der Waals surface area contributed by atoms with E-state index in [9.17, 15) is 9.50 Å². The van der Waals surface area contributed by atoms with Crippen LogP contribution in [0.15, 0.2) is 66.7 Å². The first-order valence-electron chi connectivity index (χ1n) is 10.3. The Labute approximate surface area is 184 Å². The van der Waals surface area contributed by atoms with Gasteiger partial charge in [0.15, 0.2) is 11.6 Å². The molecule has 160 valence electrons. The molecule has 3 aromatic carbocycles. The number of aryl methyl sites for hydroxylation is 1. The first kappa shape index (κ1) is 20.0. The number of nitrogens with two attached hydrogens (primary N) is 1. The molecule has 0 saturated carbocycles. The van der Waals surface area contributed by atoms with Crippen LogP contribution in [0.1, 0.15) is 16.7 Å². The molecule has 5 aromatic rings. The molecule has 32 heavy (non-hydrogen) atoms. The molecule has 0 atom stereocenters. The molecule has 0 fully saturated rings. The highest BCUT2D eigenvalue weighted by Crippen LogP contribution is 2.38. The van der Waals surface area contributed by atoms with Crippen LogP contribution in [0.3, 0.4) is 0 Å². The largest absolute Gasteiger partial charge is 0.504 e. The summed E-state index contributed by atoms with van der Waals surface area (Å²) in [5.41, 5.74) is 11.8. The maximum atomic E-state index is 13.8. The Balaban J connectivity index is 1.67. The number of H-pyrrole nitrogens is 1. The summed E-state index contributed by atoms with van der Waals surface area (Å²) in [6, 6.07) is 19.9. The number of aromatic amines is 1. The Morgan fingerprint density at radius 3 is 2.59 bits per heavy atom. The van der Waals surface area contributed by atoms with Gasteiger partial charge in [-0.3, -0.25) is 4.68 Å². The van der Waals surface area contributed by atoms with Crippen molar-refractivity contribution in [3.63, 3.8) is 0 Å². The van der Waals surface area contributed by atoms with Crippen molar-refractivity contribution < 1.29 is 9.50 Å². The molecule has 7 heteroatoms. The van der Waals surface area contributed by atoms with E-state index in [2.05, 4.69) is 15.1 Å². The van der Waals surface area contributed by atoms with Gasteiger partial charge in [-0.05, 0) is 42.3 Å². The van der Waals surface area contributed by atoms with Gasteiger partial charge < -0.3 is 15.8 Å². The van der Waals surface area contributed by atoms with Crippen LogP contribution in [0.2, 0.25) is 0 Å². The Bertz CT molecular complexity index is 1420. The van der Waals surface area contributed by atoms with Crippen LogP contribution < -0.4 is 5.73 Å². The van der Waals surface area contributed by atoms with Crippen molar-refractivity contribution in [2.24, 2.45) is 5.73 Å². The van der Waals surface area contributed by atoms with E-state index in [1.54, 1.807) is 10.7 Å². The average Bonchev–Trinajstić information content (AvgIpc) is 3.34. The van der Waals surface area contributed by atoms with E-state index in [0.29, 0.717) is 23.8 Å². The summed E-state index contributed by atoms with van der Waals surface area (Å²) in [6.45, 7) is 2.70. The van der Waals surface area contributed by atoms with Gasteiger partial charge in [0.05, 0.1) is 17.6 Å². The Kier molecular flexibility index (Phi) is 4.95. The zero-order valence-corrected chi connectivity index (χ0v) is 17.5. The molecule has 6 nitrogen and oxygen atoms in total. The number of fused-ring (bicyclic) bond motifs is 1. The predicted molar refractivity (Wildman–Crippen MR) is 123 cm³/mol. The average molecular weight is 427 g/mol. The summed E-state index contributed by atoms with van der Waals surface area (Å²) >= 11 is 0. The number of hydrogen-bond acceptors (Lipinski definition) is 4. The second-order valence-electron chi connectivity index (χ2n) is 7.84. The van der Waals surface area contributed by atoms with Gasteiger partial charge in [-0.15, -0.1) is 0 Å². The van der Waals surface area contributed by atoms with Crippen molar-refractivity contribution >= 4 is 11.0 Å². The lowest BCUT2D eigenvalue weighted by Gasteiger charge is -2.06. The third kappa shape index (κ3) is 3.63. The SMILES string of the molecule is Cc1ccc(-c2nn(Cc3cccc(F)c3)c(-c3nc4ccc(CN)cc4[nH]3)c2O)cc1. The number of benzene rings is 3. The quantitative estimate of drug-likeness (QED) is 0.377. The lowest BCUT2D eigenvalue weighted by atomic mass is 10.1. The fraction of sp³-hybridized carbons (Fsp3) is 0.120. The Morgan fingerprint density at radius 1 is 1.03 bits per heavy atom. The summed E-state index contributed by atoms with van der Waals surface area (Å²) in [5.74, 6) is 0.175. The van der Waals surface area contributed by atoms with E-state index in [1.165, 1.54) is 12.1 Å². The van der Waals surface area contributed by atoms with Gasteiger partial charge in [0.2, 0.25) is 0 Å². The summed E-state index contributed by atoms with van der Waals surface area (Å²) < 4.78 is 15.4. The zero-order chi connectivity index (χ0) is 22.2. The zero-order valence-electron chi connectivity index (χ0n) is 17.5. The standard InChI is InChI=1S/C25H22FN5O/c1-15-5-8-18(9-6-15)22-24(32)23(31(30-22)14-17-3-2-4-19(26)11-17)25-28-20-10-7-16(13-27)12-21(20)29-25/h2-12,32H,13-14,27H2,1H3,(H,28,29). The van der Waals surface area contributed by atoms with Crippen LogP contribution in [-0.4, -0.2) is 24.9 Å². The number of aromatic hydroxyl groups is 1. The number of hydrogen-bond donors (Lipinski definition) is 3. The topological polar surface area (TPSA) is 92.8 Å². The van der Waals surface area contributed by atoms with Crippen molar-refractivity contribution in [1.82, 2.24) is 19.7 Å². The molecule has 0 unspecified atom stereocenters. The number of halogens is 1. The molecule has 4 N–H and O–H groups in total. The van der Waals surface area contributed by atoms with E-state index in [1.807, 2.05) is 55.5 Å². The molecule has 0 spiro atoms.